The van der Waals surface area contributed by atoms with E-state index in [0.717, 1.165) is 88.4 Å². The van der Waals surface area contributed by atoms with E-state index < -0.39 is 0 Å². The zero-order valence-electron chi connectivity index (χ0n) is 30.1. The fourth-order valence-electron chi connectivity index (χ4n) is 7.73. The summed E-state index contributed by atoms with van der Waals surface area (Å²) < 4.78 is 12.8. The lowest BCUT2D eigenvalue weighted by Gasteiger charge is -2.10. The Kier molecular flexibility index (Phi) is 7.42. The van der Waals surface area contributed by atoms with Crippen molar-refractivity contribution in [2.75, 3.05) is 0 Å². The van der Waals surface area contributed by atoms with Gasteiger partial charge in [0.15, 0.2) is 17.5 Å². The Balaban J connectivity index is 1.04. The average molecular weight is 718 g/mol. The number of fused-ring (bicyclic) bond motifs is 6. The van der Waals surface area contributed by atoms with Crippen LogP contribution >= 0.6 is 0 Å². The van der Waals surface area contributed by atoms with Crippen LogP contribution in [0.4, 0.5) is 0 Å². The molecule has 262 valence electrons. The van der Waals surface area contributed by atoms with Crippen LogP contribution in [-0.2, 0) is 0 Å². The van der Waals surface area contributed by atoms with Gasteiger partial charge >= 0.3 is 0 Å². The molecule has 0 unspecified atom stereocenters. The third-order valence-electron chi connectivity index (χ3n) is 10.6. The topological polar surface area (TPSA) is 65.0 Å². The summed E-state index contributed by atoms with van der Waals surface area (Å²) in [6.45, 7) is 0. The van der Waals surface area contributed by atoms with Crippen LogP contribution in [0, 0.1) is 0 Å². The van der Waals surface area contributed by atoms with Gasteiger partial charge in [0.25, 0.3) is 0 Å². The normalized spacial score (nSPS) is 11.6. The third kappa shape index (κ3) is 5.53. The second-order valence-electron chi connectivity index (χ2n) is 14.0. The van der Waals surface area contributed by atoms with Gasteiger partial charge in [0.1, 0.15) is 22.3 Å². The molecule has 5 nitrogen and oxygen atoms in total. The number of nitrogens with zero attached hydrogens (tertiary/aromatic N) is 3. The molecular weight excluding hydrogens is 687 g/mol. The van der Waals surface area contributed by atoms with Crippen molar-refractivity contribution >= 4 is 43.9 Å². The number of para-hydroxylation sites is 2. The summed E-state index contributed by atoms with van der Waals surface area (Å²) in [6.07, 6.45) is 0. The Hall–Kier alpha value is -7.63. The van der Waals surface area contributed by atoms with Crippen molar-refractivity contribution in [3.63, 3.8) is 0 Å². The highest BCUT2D eigenvalue weighted by Crippen LogP contribution is 2.39. The molecule has 0 amide bonds. The molecule has 11 aromatic rings. The van der Waals surface area contributed by atoms with E-state index in [1.807, 2.05) is 36.4 Å². The highest BCUT2D eigenvalue weighted by molar-refractivity contribution is 6.11. The van der Waals surface area contributed by atoms with Crippen LogP contribution in [-0.4, -0.2) is 15.0 Å². The minimum Gasteiger partial charge on any atom is -0.456 e. The highest BCUT2D eigenvalue weighted by atomic mass is 16.3. The Morgan fingerprint density at radius 1 is 0.268 bits per heavy atom. The summed E-state index contributed by atoms with van der Waals surface area (Å²) in [4.78, 5) is 15.3. The molecule has 0 bridgehead atoms. The first-order valence-corrected chi connectivity index (χ1v) is 18.7. The quantitative estimate of drug-likeness (QED) is 0.171. The van der Waals surface area contributed by atoms with E-state index in [-0.39, 0.29) is 0 Å². The molecule has 0 N–H and O–H groups in total. The monoisotopic (exact) mass is 717 g/mol. The van der Waals surface area contributed by atoms with Crippen LogP contribution in [0.3, 0.4) is 0 Å². The first-order valence-electron chi connectivity index (χ1n) is 18.7. The number of furan rings is 2. The van der Waals surface area contributed by atoms with Crippen molar-refractivity contribution < 1.29 is 8.83 Å². The molecule has 0 spiro atoms. The summed E-state index contributed by atoms with van der Waals surface area (Å²) >= 11 is 0. The Labute approximate surface area is 322 Å². The smallest absolute Gasteiger partial charge is 0.164 e. The predicted octanol–water partition coefficient (Wildman–Crippen LogP) is 13.7. The van der Waals surface area contributed by atoms with Crippen LogP contribution in [0.2, 0.25) is 0 Å². The lowest BCUT2D eigenvalue weighted by Crippen LogP contribution is -2.00. The fourth-order valence-corrected chi connectivity index (χ4v) is 7.73. The Morgan fingerprint density at radius 2 is 0.786 bits per heavy atom. The minimum atomic E-state index is 0.568. The summed E-state index contributed by atoms with van der Waals surface area (Å²) in [5.74, 6) is 1.74. The molecule has 0 saturated heterocycles. The standard InChI is InChI=1S/C51H31N3O2/c1-3-11-32(12-4-1)34-21-23-35(24-22-34)49-52-50(54-51(53-49)39-25-27-42-41-17-7-8-20-45(41)55-47(42)31-39)38-16-9-15-37(29-38)40-18-10-19-43-44-30-36(33-13-5-2-6-14-33)26-28-46(44)56-48(40)43/h1-31H. The van der Waals surface area contributed by atoms with Gasteiger partial charge in [-0.1, -0.05) is 152 Å². The van der Waals surface area contributed by atoms with Gasteiger partial charge in [-0.15, -0.1) is 0 Å². The van der Waals surface area contributed by atoms with Gasteiger partial charge in [-0.25, -0.2) is 15.0 Å². The van der Waals surface area contributed by atoms with Gasteiger partial charge in [-0.05, 0) is 64.2 Å². The fraction of sp³-hybridized carbons (Fsp3) is 0. The van der Waals surface area contributed by atoms with Crippen molar-refractivity contribution in [1.82, 2.24) is 15.0 Å². The van der Waals surface area contributed by atoms with Crippen molar-refractivity contribution in [2.24, 2.45) is 0 Å². The number of rotatable bonds is 6. The van der Waals surface area contributed by atoms with E-state index in [2.05, 4.69) is 152 Å². The van der Waals surface area contributed by atoms with E-state index >= 15 is 0 Å². The van der Waals surface area contributed by atoms with Crippen LogP contribution in [0.5, 0.6) is 0 Å². The van der Waals surface area contributed by atoms with Crippen molar-refractivity contribution in [1.29, 1.82) is 0 Å². The average Bonchev–Trinajstić information content (AvgIpc) is 3.85. The Morgan fingerprint density at radius 3 is 1.57 bits per heavy atom. The highest BCUT2D eigenvalue weighted by Gasteiger charge is 2.17. The molecule has 0 aliphatic carbocycles. The van der Waals surface area contributed by atoms with E-state index in [1.165, 1.54) is 5.56 Å². The molecule has 8 aromatic carbocycles. The molecule has 0 aliphatic rings. The van der Waals surface area contributed by atoms with Gasteiger partial charge in [-0.2, -0.15) is 0 Å². The maximum atomic E-state index is 6.58. The van der Waals surface area contributed by atoms with Gasteiger partial charge in [0.2, 0.25) is 0 Å². The summed E-state index contributed by atoms with van der Waals surface area (Å²) in [5, 5.41) is 4.30. The van der Waals surface area contributed by atoms with E-state index in [4.69, 9.17) is 23.8 Å². The first kappa shape index (κ1) is 31.9. The van der Waals surface area contributed by atoms with Crippen molar-refractivity contribution in [2.45, 2.75) is 0 Å². The zero-order chi connectivity index (χ0) is 37.0. The molecule has 56 heavy (non-hydrogen) atoms. The van der Waals surface area contributed by atoms with Crippen LogP contribution < -0.4 is 0 Å². The van der Waals surface area contributed by atoms with Gasteiger partial charge in [0.05, 0.1) is 0 Å². The van der Waals surface area contributed by atoms with E-state index in [9.17, 15) is 0 Å². The number of aromatic nitrogens is 3. The largest absolute Gasteiger partial charge is 0.456 e. The predicted molar refractivity (Wildman–Crippen MR) is 227 cm³/mol. The Bertz CT molecular complexity index is 3240. The van der Waals surface area contributed by atoms with Crippen molar-refractivity contribution in [3.8, 4) is 67.5 Å². The molecule has 0 aliphatic heterocycles. The van der Waals surface area contributed by atoms with Gasteiger partial charge in [0, 0.05) is 43.8 Å². The molecule has 0 saturated carbocycles. The van der Waals surface area contributed by atoms with E-state index in [1.54, 1.807) is 0 Å². The lowest BCUT2D eigenvalue weighted by molar-refractivity contribution is 0.669. The summed E-state index contributed by atoms with van der Waals surface area (Å²) in [5.41, 5.74) is 12.6. The summed E-state index contributed by atoms with van der Waals surface area (Å²) in [6, 6.07) is 64.6. The van der Waals surface area contributed by atoms with E-state index in [0.29, 0.717) is 17.5 Å². The molecule has 3 aromatic heterocycles. The first-order chi connectivity index (χ1) is 27.7. The molecule has 0 atom stereocenters. The van der Waals surface area contributed by atoms with Crippen molar-refractivity contribution in [3.05, 3.63) is 188 Å². The van der Waals surface area contributed by atoms with Crippen LogP contribution in [0.1, 0.15) is 0 Å². The molecule has 0 fully saturated rings. The van der Waals surface area contributed by atoms with Crippen LogP contribution in [0.15, 0.2) is 197 Å². The second kappa shape index (κ2) is 13.0. The molecule has 0 radical (unpaired) electrons. The number of hydrogen-bond donors (Lipinski definition) is 0. The minimum absolute atomic E-state index is 0.568. The molecular formula is C51H31N3O2. The van der Waals surface area contributed by atoms with Crippen LogP contribution in [0.25, 0.3) is 111 Å². The number of hydrogen-bond acceptors (Lipinski definition) is 5. The maximum absolute atomic E-state index is 6.58. The third-order valence-corrected chi connectivity index (χ3v) is 10.6. The summed E-state index contributed by atoms with van der Waals surface area (Å²) in [7, 11) is 0. The lowest BCUT2D eigenvalue weighted by atomic mass is 9.99. The SMILES string of the molecule is c1ccc(-c2ccc(-c3nc(-c4cccc(-c5cccc6c5oc5ccc(-c7ccccc7)cc56)c4)nc(-c4ccc5c(c4)oc4ccccc45)n3)cc2)cc1. The molecule has 11 rings (SSSR count). The molecule has 5 heteroatoms. The second-order valence-corrected chi connectivity index (χ2v) is 14.0. The zero-order valence-corrected chi connectivity index (χ0v) is 30.1. The molecule has 3 heterocycles. The van der Waals surface area contributed by atoms with Gasteiger partial charge in [-0.3, -0.25) is 0 Å². The maximum Gasteiger partial charge on any atom is 0.164 e. The number of benzene rings is 8. The van der Waals surface area contributed by atoms with Gasteiger partial charge < -0.3 is 8.83 Å².